The van der Waals surface area contributed by atoms with Crippen LogP contribution in [0.1, 0.15) is 46.0 Å². The summed E-state index contributed by atoms with van der Waals surface area (Å²) in [6.45, 7) is 4.38. The molecular weight excluding hydrogens is 348 g/mol. The topological polar surface area (TPSA) is 85.4 Å². The molecule has 1 heterocycles. The Balaban J connectivity index is 1.08. The van der Waals surface area contributed by atoms with Gasteiger partial charge in [0.1, 0.15) is 0 Å². The highest BCUT2D eigenvalue weighted by Crippen LogP contribution is 2.59. The van der Waals surface area contributed by atoms with Gasteiger partial charge in [0.2, 0.25) is 0 Å². The highest BCUT2D eigenvalue weighted by atomic mass is 16.6. The Bertz CT molecular complexity index is 617. The number of epoxide rings is 1. The minimum absolute atomic E-state index is 0.0207. The highest BCUT2D eigenvalue weighted by molar-refractivity contribution is 5.74. The first-order valence-electron chi connectivity index (χ1n) is 10.5. The van der Waals surface area contributed by atoms with Gasteiger partial charge in [-0.05, 0) is 49.9 Å². The third-order valence-electron chi connectivity index (χ3n) is 7.69. The van der Waals surface area contributed by atoms with Gasteiger partial charge in [-0.1, -0.05) is 13.8 Å². The van der Waals surface area contributed by atoms with E-state index < -0.39 is 5.41 Å². The maximum Gasteiger partial charge on any atom is 0.309 e. The molecule has 5 aliphatic rings. The molecule has 27 heavy (non-hydrogen) atoms. The summed E-state index contributed by atoms with van der Waals surface area (Å²) in [5, 5.41) is 10.0. The summed E-state index contributed by atoms with van der Waals surface area (Å²) in [6, 6.07) is 0. The molecule has 9 unspecified atom stereocenters. The summed E-state index contributed by atoms with van der Waals surface area (Å²) >= 11 is 0. The van der Waals surface area contributed by atoms with Crippen LogP contribution in [0.3, 0.4) is 0 Å². The summed E-state index contributed by atoms with van der Waals surface area (Å²) < 4.78 is 16.8. The Morgan fingerprint density at radius 3 is 2.15 bits per heavy atom. The van der Waals surface area contributed by atoms with Crippen LogP contribution < -0.4 is 0 Å². The molecule has 5 fully saturated rings. The fraction of sp³-hybridized carbons (Fsp3) is 0.905. The van der Waals surface area contributed by atoms with Crippen molar-refractivity contribution in [1.29, 1.82) is 0 Å². The molecule has 0 amide bonds. The number of carbonyl (C=O) groups excluding carboxylic acids is 2. The molecule has 0 aromatic carbocycles. The molecule has 5 rings (SSSR count). The predicted octanol–water partition coefficient (Wildman–Crippen LogP) is 1.93. The molecule has 0 spiro atoms. The zero-order valence-corrected chi connectivity index (χ0v) is 16.1. The first-order valence-corrected chi connectivity index (χ1v) is 10.5. The van der Waals surface area contributed by atoms with Gasteiger partial charge in [-0.3, -0.25) is 9.59 Å². The number of hydrogen-bond donors (Lipinski definition) is 1. The lowest BCUT2D eigenvalue weighted by Crippen LogP contribution is -2.35. The van der Waals surface area contributed by atoms with Gasteiger partial charge in [-0.25, -0.2) is 0 Å². The van der Waals surface area contributed by atoms with Crippen LogP contribution in [0, 0.1) is 40.9 Å². The molecule has 150 valence electrons. The number of aliphatic hydroxyl groups is 1. The summed E-state index contributed by atoms with van der Waals surface area (Å²) in [7, 11) is 0. The second kappa shape index (κ2) is 6.18. The predicted molar refractivity (Wildman–Crippen MR) is 94.4 cm³/mol. The van der Waals surface area contributed by atoms with E-state index in [1.165, 1.54) is 0 Å². The minimum atomic E-state index is -0.419. The lowest BCUT2D eigenvalue weighted by atomic mass is 9.86. The van der Waals surface area contributed by atoms with Gasteiger partial charge in [0.25, 0.3) is 0 Å². The second-order valence-electron chi connectivity index (χ2n) is 10.4. The van der Waals surface area contributed by atoms with Crippen LogP contribution in [0.5, 0.6) is 0 Å². The van der Waals surface area contributed by atoms with E-state index in [4.69, 9.17) is 14.2 Å². The van der Waals surface area contributed by atoms with Crippen molar-refractivity contribution in [2.75, 3.05) is 13.2 Å². The van der Waals surface area contributed by atoms with Crippen molar-refractivity contribution in [2.45, 2.75) is 64.3 Å². The van der Waals surface area contributed by atoms with Crippen LogP contribution in [0.25, 0.3) is 0 Å². The average molecular weight is 378 g/mol. The maximum atomic E-state index is 12.5. The SMILES string of the molecule is CC(C)(COC(=O)C1CC2CC(O)C1C2)COC(=O)C1CC2CC1C1OC21. The van der Waals surface area contributed by atoms with Gasteiger partial charge in [0, 0.05) is 11.3 Å². The van der Waals surface area contributed by atoms with E-state index in [1.807, 2.05) is 13.8 Å². The molecule has 1 aliphatic heterocycles. The highest BCUT2D eigenvalue weighted by Gasteiger charge is 2.65. The zero-order valence-electron chi connectivity index (χ0n) is 16.1. The van der Waals surface area contributed by atoms with Crippen LogP contribution in [0.15, 0.2) is 0 Å². The second-order valence-corrected chi connectivity index (χ2v) is 10.4. The third-order valence-corrected chi connectivity index (χ3v) is 7.69. The quantitative estimate of drug-likeness (QED) is 0.561. The Morgan fingerprint density at radius 1 is 0.926 bits per heavy atom. The first-order chi connectivity index (χ1) is 12.8. The van der Waals surface area contributed by atoms with E-state index in [0.717, 1.165) is 32.1 Å². The molecule has 4 bridgehead atoms. The van der Waals surface area contributed by atoms with E-state index in [-0.39, 0.29) is 49.0 Å². The third kappa shape index (κ3) is 3.09. The zero-order chi connectivity index (χ0) is 18.9. The number of carbonyl (C=O) groups is 2. The van der Waals surface area contributed by atoms with Gasteiger partial charge in [-0.2, -0.15) is 0 Å². The monoisotopic (exact) mass is 378 g/mol. The Labute approximate surface area is 159 Å². The molecule has 0 aromatic rings. The Kier molecular flexibility index (Phi) is 4.10. The van der Waals surface area contributed by atoms with Crippen molar-refractivity contribution in [3.8, 4) is 0 Å². The van der Waals surface area contributed by atoms with E-state index in [1.54, 1.807) is 0 Å². The number of hydrogen-bond acceptors (Lipinski definition) is 6. The molecule has 6 nitrogen and oxygen atoms in total. The molecule has 9 atom stereocenters. The average Bonchev–Trinajstić information content (AvgIpc) is 2.96. The number of aliphatic hydroxyl groups excluding tert-OH is 1. The van der Waals surface area contributed by atoms with Crippen molar-refractivity contribution in [2.24, 2.45) is 40.9 Å². The lowest BCUT2D eigenvalue weighted by molar-refractivity contribution is -0.160. The van der Waals surface area contributed by atoms with E-state index in [0.29, 0.717) is 30.0 Å². The van der Waals surface area contributed by atoms with Gasteiger partial charge in [-0.15, -0.1) is 0 Å². The van der Waals surface area contributed by atoms with E-state index >= 15 is 0 Å². The van der Waals surface area contributed by atoms with Gasteiger partial charge < -0.3 is 19.3 Å². The maximum absolute atomic E-state index is 12.5. The molecule has 4 saturated carbocycles. The number of esters is 2. The smallest absolute Gasteiger partial charge is 0.309 e. The van der Waals surface area contributed by atoms with E-state index in [2.05, 4.69) is 0 Å². The van der Waals surface area contributed by atoms with Gasteiger partial charge in [0.15, 0.2) is 0 Å². The van der Waals surface area contributed by atoms with Crippen molar-refractivity contribution >= 4 is 11.9 Å². The minimum Gasteiger partial charge on any atom is -0.465 e. The van der Waals surface area contributed by atoms with Crippen LogP contribution in [-0.4, -0.2) is 48.6 Å². The van der Waals surface area contributed by atoms with Crippen molar-refractivity contribution < 1.29 is 28.9 Å². The summed E-state index contributed by atoms with van der Waals surface area (Å²) in [5.41, 5.74) is -0.419. The summed E-state index contributed by atoms with van der Waals surface area (Å²) in [6.07, 6.45) is 4.96. The van der Waals surface area contributed by atoms with E-state index in [9.17, 15) is 14.7 Å². The molecule has 1 saturated heterocycles. The Hall–Kier alpha value is -1.14. The molecular formula is C21H30O6. The molecule has 6 heteroatoms. The molecule has 4 aliphatic carbocycles. The largest absolute Gasteiger partial charge is 0.465 e. The summed E-state index contributed by atoms with van der Waals surface area (Å²) in [5.74, 6) is 0.910. The van der Waals surface area contributed by atoms with Gasteiger partial charge in [0.05, 0.1) is 43.4 Å². The normalized spacial score (nSPS) is 46.4. The lowest BCUT2D eigenvalue weighted by Gasteiger charge is -2.28. The van der Waals surface area contributed by atoms with Crippen LogP contribution in [-0.2, 0) is 23.8 Å². The Morgan fingerprint density at radius 2 is 1.59 bits per heavy atom. The fourth-order valence-electron chi connectivity index (χ4n) is 6.25. The first kappa shape index (κ1) is 17.9. The van der Waals surface area contributed by atoms with Crippen LogP contribution >= 0.6 is 0 Å². The van der Waals surface area contributed by atoms with Crippen LogP contribution in [0.4, 0.5) is 0 Å². The van der Waals surface area contributed by atoms with Crippen molar-refractivity contribution in [3.63, 3.8) is 0 Å². The number of fused-ring (bicyclic) bond motifs is 7. The summed E-state index contributed by atoms with van der Waals surface area (Å²) in [4.78, 5) is 24.9. The molecule has 0 radical (unpaired) electrons. The van der Waals surface area contributed by atoms with Crippen molar-refractivity contribution in [1.82, 2.24) is 0 Å². The van der Waals surface area contributed by atoms with Gasteiger partial charge >= 0.3 is 11.9 Å². The standard InChI is InChI=1S/C21H30O6/c1-21(2,8-25-19(23)14-4-10-3-12(14)16(22)5-10)9-26-20(24)15-7-11-6-13(15)18-17(11)27-18/h10-18,22H,3-9H2,1-2H3. The number of ether oxygens (including phenoxy) is 3. The number of rotatable bonds is 6. The van der Waals surface area contributed by atoms with Crippen molar-refractivity contribution in [3.05, 3.63) is 0 Å². The van der Waals surface area contributed by atoms with Crippen LogP contribution in [0.2, 0.25) is 0 Å². The molecule has 0 aromatic heterocycles. The molecule has 1 N–H and O–H groups in total. The fourth-order valence-corrected chi connectivity index (χ4v) is 6.25.